The highest BCUT2D eigenvalue weighted by Crippen LogP contribution is 2.45. The van der Waals surface area contributed by atoms with Gasteiger partial charge in [0, 0.05) is 54.3 Å². The van der Waals surface area contributed by atoms with E-state index in [0.29, 0.717) is 5.11 Å². The third-order valence-electron chi connectivity index (χ3n) is 7.06. The highest BCUT2D eigenvalue weighted by Gasteiger charge is 2.43. The lowest BCUT2D eigenvalue weighted by Gasteiger charge is -2.29. The molecule has 1 fully saturated rings. The molecule has 0 aliphatic carbocycles. The molecule has 5 rings (SSSR count). The highest BCUT2D eigenvalue weighted by atomic mass is 32.1. The van der Waals surface area contributed by atoms with E-state index >= 15 is 0 Å². The predicted molar refractivity (Wildman–Crippen MR) is 149 cm³/mol. The van der Waals surface area contributed by atoms with Gasteiger partial charge in [0.05, 0.1) is 17.8 Å². The Hall–Kier alpha value is -3.64. The number of benzene rings is 2. The van der Waals surface area contributed by atoms with Gasteiger partial charge in [-0.3, -0.25) is 4.98 Å². The van der Waals surface area contributed by atoms with Crippen molar-refractivity contribution in [1.29, 1.82) is 0 Å². The average Bonchev–Trinajstić information content (AvgIpc) is 3.32. The van der Waals surface area contributed by atoms with Crippen molar-refractivity contribution in [1.82, 2.24) is 14.9 Å². The van der Waals surface area contributed by atoms with E-state index in [1.54, 1.807) is 0 Å². The van der Waals surface area contributed by atoms with Crippen molar-refractivity contribution in [3.63, 3.8) is 0 Å². The molecule has 1 aliphatic heterocycles. The molecule has 178 valence electrons. The zero-order valence-corrected chi connectivity index (χ0v) is 21.7. The lowest BCUT2D eigenvalue weighted by molar-refractivity contribution is 0.563. The minimum atomic E-state index is -0.0688. The van der Waals surface area contributed by atoms with Gasteiger partial charge in [-0.1, -0.05) is 24.3 Å². The van der Waals surface area contributed by atoms with Crippen LogP contribution in [0.1, 0.15) is 40.3 Å². The van der Waals surface area contributed by atoms with Gasteiger partial charge in [0.2, 0.25) is 0 Å². The lowest BCUT2D eigenvalue weighted by atomic mass is 9.93. The second-order valence-electron chi connectivity index (χ2n) is 9.29. The van der Waals surface area contributed by atoms with E-state index < -0.39 is 0 Å². The normalized spacial score (nSPS) is 17.5. The highest BCUT2D eigenvalue weighted by molar-refractivity contribution is 7.80. The van der Waals surface area contributed by atoms with Crippen LogP contribution in [0.15, 0.2) is 79.0 Å². The van der Waals surface area contributed by atoms with Crippen LogP contribution in [0.3, 0.4) is 0 Å². The first-order valence-corrected chi connectivity index (χ1v) is 12.3. The Balaban J connectivity index is 1.70. The Bertz CT molecular complexity index is 1340. The van der Waals surface area contributed by atoms with Crippen LogP contribution in [-0.4, -0.2) is 28.8 Å². The van der Waals surface area contributed by atoms with E-state index in [4.69, 9.17) is 17.2 Å². The van der Waals surface area contributed by atoms with Gasteiger partial charge in [0.25, 0.3) is 0 Å². The van der Waals surface area contributed by atoms with Crippen LogP contribution in [0.5, 0.6) is 0 Å². The summed E-state index contributed by atoms with van der Waals surface area (Å²) in [5.41, 5.74) is 9.40. The number of hydrogen-bond acceptors (Lipinski definition) is 3. The fourth-order valence-electron chi connectivity index (χ4n) is 5.24. The van der Waals surface area contributed by atoms with Crippen LogP contribution in [0.25, 0.3) is 5.69 Å². The second kappa shape index (κ2) is 9.19. The van der Waals surface area contributed by atoms with E-state index in [-0.39, 0.29) is 12.1 Å². The molecule has 1 saturated heterocycles. The Kier molecular flexibility index (Phi) is 6.07. The Morgan fingerprint density at radius 1 is 0.829 bits per heavy atom. The number of anilines is 2. The summed E-state index contributed by atoms with van der Waals surface area (Å²) in [6.07, 6.45) is 1.85. The quantitative estimate of drug-likeness (QED) is 0.352. The summed E-state index contributed by atoms with van der Waals surface area (Å²) in [5, 5.41) is 4.32. The van der Waals surface area contributed by atoms with Gasteiger partial charge in [0.15, 0.2) is 5.11 Å². The summed E-state index contributed by atoms with van der Waals surface area (Å²) in [7, 11) is 4.11. The van der Waals surface area contributed by atoms with Crippen molar-refractivity contribution >= 4 is 28.7 Å². The molecule has 4 aromatic rings. The molecule has 2 atom stereocenters. The predicted octanol–water partition coefficient (Wildman–Crippen LogP) is 6.04. The van der Waals surface area contributed by atoms with E-state index in [1.807, 2.05) is 18.3 Å². The minimum absolute atomic E-state index is 0.0359. The molecule has 35 heavy (non-hydrogen) atoms. The molecule has 3 heterocycles. The molecule has 0 spiro atoms. The molecule has 0 amide bonds. The number of nitrogens with zero attached hydrogens (tertiary/aromatic N) is 4. The minimum Gasteiger partial charge on any atom is -0.378 e. The van der Waals surface area contributed by atoms with Crippen molar-refractivity contribution in [2.45, 2.75) is 32.9 Å². The zero-order chi connectivity index (χ0) is 24.7. The number of pyridine rings is 1. The van der Waals surface area contributed by atoms with Crippen LogP contribution in [-0.2, 0) is 0 Å². The second-order valence-corrected chi connectivity index (χ2v) is 9.67. The van der Waals surface area contributed by atoms with E-state index in [1.165, 1.54) is 28.2 Å². The van der Waals surface area contributed by atoms with Gasteiger partial charge in [-0.05, 0) is 87.1 Å². The van der Waals surface area contributed by atoms with Gasteiger partial charge in [-0.25, -0.2) is 0 Å². The Morgan fingerprint density at radius 2 is 1.51 bits per heavy atom. The number of thiocarbonyl (C=S) groups is 1. The fraction of sp³-hybridized carbons (Fsp3) is 0.241. The molecule has 0 bridgehead atoms. The average molecular weight is 482 g/mol. The number of nitrogens with one attached hydrogen (secondary N) is 1. The van der Waals surface area contributed by atoms with Crippen molar-refractivity contribution in [3.8, 4) is 5.69 Å². The van der Waals surface area contributed by atoms with Crippen molar-refractivity contribution in [2.75, 3.05) is 23.9 Å². The largest absolute Gasteiger partial charge is 0.378 e. The first-order chi connectivity index (χ1) is 16.9. The first kappa shape index (κ1) is 23.1. The number of rotatable bonds is 5. The van der Waals surface area contributed by atoms with Crippen LogP contribution in [0.4, 0.5) is 11.4 Å². The molecule has 5 nitrogen and oxygen atoms in total. The summed E-state index contributed by atoms with van der Waals surface area (Å²) in [6, 6.07) is 25.1. The lowest BCUT2D eigenvalue weighted by Crippen LogP contribution is -2.29. The van der Waals surface area contributed by atoms with Gasteiger partial charge < -0.3 is 19.7 Å². The maximum absolute atomic E-state index is 5.95. The van der Waals surface area contributed by atoms with E-state index in [2.05, 4.69) is 115 Å². The molecule has 2 unspecified atom stereocenters. The standard InChI is InChI=1S/C29H31N5S/c1-19-20(2)33(23-11-7-6-8-12-23)21(3)26(19)28-27(25-13-9-10-18-30-25)31-29(35)34(28)24-16-14-22(15-17-24)32(4)5/h6-18,27-28H,1-5H3,(H,31,35). The number of aromatic nitrogens is 2. The molecule has 2 aromatic heterocycles. The SMILES string of the molecule is Cc1c(C2C(c3ccccn3)NC(=S)N2c2ccc(N(C)C)cc2)c(C)n(-c2ccccc2)c1C. The van der Waals surface area contributed by atoms with Gasteiger partial charge in [-0.15, -0.1) is 0 Å². The Morgan fingerprint density at radius 3 is 2.14 bits per heavy atom. The molecule has 6 heteroatoms. The smallest absolute Gasteiger partial charge is 0.174 e. The molecular weight excluding hydrogens is 450 g/mol. The van der Waals surface area contributed by atoms with Crippen LogP contribution >= 0.6 is 12.2 Å². The third-order valence-corrected chi connectivity index (χ3v) is 7.37. The van der Waals surface area contributed by atoms with Gasteiger partial charge in [0.1, 0.15) is 0 Å². The number of hydrogen-bond donors (Lipinski definition) is 1. The summed E-state index contributed by atoms with van der Waals surface area (Å²) in [4.78, 5) is 9.09. The topological polar surface area (TPSA) is 36.3 Å². The third kappa shape index (κ3) is 3.98. The monoisotopic (exact) mass is 481 g/mol. The fourth-order valence-corrected chi connectivity index (χ4v) is 5.59. The van der Waals surface area contributed by atoms with Crippen LogP contribution < -0.4 is 15.1 Å². The van der Waals surface area contributed by atoms with Crippen LogP contribution in [0.2, 0.25) is 0 Å². The van der Waals surface area contributed by atoms with Crippen molar-refractivity contribution in [3.05, 3.63) is 107 Å². The molecule has 0 radical (unpaired) electrons. The number of para-hydroxylation sites is 1. The Labute approximate surface area is 213 Å². The molecular formula is C29H31N5S. The van der Waals surface area contributed by atoms with Crippen molar-refractivity contribution in [2.24, 2.45) is 0 Å². The van der Waals surface area contributed by atoms with Gasteiger partial charge >= 0.3 is 0 Å². The summed E-state index contributed by atoms with van der Waals surface area (Å²) >= 11 is 5.95. The van der Waals surface area contributed by atoms with E-state index in [9.17, 15) is 0 Å². The summed E-state index contributed by atoms with van der Waals surface area (Å²) in [6.45, 7) is 6.64. The first-order valence-electron chi connectivity index (χ1n) is 11.9. The van der Waals surface area contributed by atoms with Crippen molar-refractivity contribution < 1.29 is 0 Å². The molecule has 1 aliphatic rings. The molecule has 1 N–H and O–H groups in total. The van der Waals surface area contributed by atoms with Crippen LogP contribution in [0, 0.1) is 20.8 Å². The maximum atomic E-state index is 5.95. The maximum Gasteiger partial charge on any atom is 0.174 e. The molecule has 2 aromatic carbocycles. The summed E-state index contributed by atoms with van der Waals surface area (Å²) < 4.78 is 2.36. The molecule has 0 saturated carbocycles. The zero-order valence-electron chi connectivity index (χ0n) is 20.9. The van der Waals surface area contributed by atoms with E-state index in [0.717, 1.165) is 17.1 Å². The van der Waals surface area contributed by atoms with Gasteiger partial charge in [-0.2, -0.15) is 0 Å². The summed E-state index contributed by atoms with van der Waals surface area (Å²) in [5.74, 6) is 0.